The van der Waals surface area contributed by atoms with Crippen molar-refractivity contribution in [1.82, 2.24) is 19.5 Å². The monoisotopic (exact) mass is 740 g/mol. The molecule has 5 heteroatoms. The Morgan fingerprint density at radius 2 is 0.845 bits per heavy atom. The van der Waals surface area contributed by atoms with E-state index in [2.05, 4.69) is 126 Å². The number of fused-ring (bicyclic) bond motifs is 8. The molecular weight excluding hydrogens is 709 g/mol. The summed E-state index contributed by atoms with van der Waals surface area (Å²) >= 11 is 0. The molecule has 0 radical (unpaired) electrons. The number of furan rings is 1. The van der Waals surface area contributed by atoms with Crippen LogP contribution in [-0.4, -0.2) is 19.5 Å². The highest BCUT2D eigenvalue weighted by atomic mass is 16.3. The van der Waals surface area contributed by atoms with Crippen molar-refractivity contribution in [3.63, 3.8) is 0 Å². The van der Waals surface area contributed by atoms with Crippen LogP contribution in [-0.2, 0) is 0 Å². The van der Waals surface area contributed by atoms with Crippen LogP contribution in [0.25, 0.3) is 116 Å². The third-order valence-corrected chi connectivity index (χ3v) is 11.4. The average molecular weight is 741 g/mol. The van der Waals surface area contributed by atoms with Crippen LogP contribution in [0.1, 0.15) is 0 Å². The maximum absolute atomic E-state index is 6.47. The molecule has 3 heterocycles. The van der Waals surface area contributed by atoms with E-state index in [-0.39, 0.29) is 0 Å². The van der Waals surface area contributed by atoms with Crippen molar-refractivity contribution in [3.05, 3.63) is 194 Å². The minimum absolute atomic E-state index is 0.596. The molecule has 0 atom stereocenters. The topological polar surface area (TPSA) is 56.7 Å². The van der Waals surface area contributed by atoms with Crippen molar-refractivity contribution in [2.75, 3.05) is 0 Å². The molecular formula is C53H32N4O. The maximum Gasteiger partial charge on any atom is 0.164 e. The van der Waals surface area contributed by atoms with Crippen molar-refractivity contribution in [3.8, 4) is 51.0 Å². The zero-order valence-corrected chi connectivity index (χ0v) is 31.2. The maximum atomic E-state index is 6.47. The summed E-state index contributed by atoms with van der Waals surface area (Å²) in [6.45, 7) is 0. The lowest BCUT2D eigenvalue weighted by Crippen LogP contribution is -2.02. The van der Waals surface area contributed by atoms with Gasteiger partial charge in [0.2, 0.25) is 0 Å². The highest BCUT2D eigenvalue weighted by Gasteiger charge is 2.20. The molecule has 0 fully saturated rings. The fourth-order valence-corrected chi connectivity index (χ4v) is 8.59. The smallest absolute Gasteiger partial charge is 0.164 e. The molecule has 0 amide bonds. The predicted octanol–water partition coefficient (Wildman–Crippen LogP) is 13.8. The van der Waals surface area contributed by atoms with Crippen molar-refractivity contribution in [2.45, 2.75) is 0 Å². The van der Waals surface area contributed by atoms with E-state index in [1.54, 1.807) is 0 Å². The summed E-state index contributed by atoms with van der Waals surface area (Å²) in [5.41, 5.74) is 9.76. The third kappa shape index (κ3) is 5.21. The van der Waals surface area contributed by atoms with Gasteiger partial charge >= 0.3 is 0 Å². The first-order chi connectivity index (χ1) is 28.7. The van der Waals surface area contributed by atoms with Crippen LogP contribution >= 0.6 is 0 Å². The Balaban J connectivity index is 1.16. The quantitative estimate of drug-likeness (QED) is 0.176. The molecule has 0 saturated carbocycles. The minimum atomic E-state index is 0.596. The SMILES string of the molecule is c1ccc(-c2nc(-c3ccccc3)nc(-c3ccc(-n4c5cc6ccccc6cc5c5cc6ccccc6cc54)cc3-c3ccc4c(c3)oc3ccccc34)n2)cc1. The lowest BCUT2D eigenvalue weighted by atomic mass is 9.97. The van der Waals surface area contributed by atoms with Gasteiger partial charge in [0, 0.05) is 43.9 Å². The average Bonchev–Trinajstić information content (AvgIpc) is 3.81. The molecule has 0 saturated heterocycles. The summed E-state index contributed by atoms with van der Waals surface area (Å²) in [5, 5.41) is 9.44. The summed E-state index contributed by atoms with van der Waals surface area (Å²) in [5.74, 6) is 1.83. The number of rotatable bonds is 5. The van der Waals surface area contributed by atoms with Crippen molar-refractivity contribution in [1.29, 1.82) is 0 Å². The number of hydrogen-bond donors (Lipinski definition) is 0. The Morgan fingerprint density at radius 3 is 1.47 bits per heavy atom. The van der Waals surface area contributed by atoms with Gasteiger partial charge < -0.3 is 8.98 Å². The van der Waals surface area contributed by atoms with Gasteiger partial charge in [-0.1, -0.05) is 133 Å². The van der Waals surface area contributed by atoms with Crippen LogP contribution in [0.15, 0.2) is 199 Å². The molecule has 12 aromatic rings. The highest BCUT2D eigenvalue weighted by Crippen LogP contribution is 2.41. The molecule has 0 spiro atoms. The molecule has 0 aliphatic carbocycles. The van der Waals surface area contributed by atoms with E-state index in [9.17, 15) is 0 Å². The minimum Gasteiger partial charge on any atom is -0.456 e. The van der Waals surface area contributed by atoms with E-state index in [4.69, 9.17) is 19.4 Å². The molecule has 270 valence electrons. The standard InChI is InChI=1S/C53H32N4O/c1-3-13-33(14-4-1)51-54-52(34-15-5-2-6-16-34)56-53(55-51)43-26-24-40(32-44(43)39-23-25-42-41-21-11-12-22-49(41)58-50(42)31-39)57-47-29-37-19-9-7-17-35(37)27-45(47)46-28-36-18-8-10-20-38(36)30-48(46)57/h1-32H. The number of nitrogens with zero attached hydrogens (tertiary/aromatic N) is 4. The Bertz CT molecular complexity index is 3420. The largest absolute Gasteiger partial charge is 0.456 e. The van der Waals surface area contributed by atoms with E-state index in [0.717, 1.165) is 66.5 Å². The van der Waals surface area contributed by atoms with Crippen molar-refractivity contribution < 1.29 is 4.42 Å². The molecule has 9 aromatic carbocycles. The zero-order valence-electron chi connectivity index (χ0n) is 31.2. The Hall–Kier alpha value is -7.89. The van der Waals surface area contributed by atoms with Gasteiger partial charge in [0.25, 0.3) is 0 Å². The molecule has 12 rings (SSSR count). The van der Waals surface area contributed by atoms with Gasteiger partial charge in [-0.3, -0.25) is 0 Å². The van der Waals surface area contributed by atoms with Crippen LogP contribution in [0.4, 0.5) is 0 Å². The summed E-state index contributed by atoms with van der Waals surface area (Å²) < 4.78 is 8.88. The van der Waals surface area contributed by atoms with Crippen LogP contribution in [0.3, 0.4) is 0 Å². The van der Waals surface area contributed by atoms with Crippen molar-refractivity contribution in [2.24, 2.45) is 0 Å². The number of benzene rings is 9. The van der Waals surface area contributed by atoms with Gasteiger partial charge in [0.05, 0.1) is 11.0 Å². The van der Waals surface area contributed by atoms with Gasteiger partial charge in [-0.15, -0.1) is 0 Å². The van der Waals surface area contributed by atoms with Crippen LogP contribution in [0.2, 0.25) is 0 Å². The van der Waals surface area contributed by atoms with Crippen LogP contribution in [0.5, 0.6) is 0 Å². The molecule has 0 aliphatic rings. The third-order valence-electron chi connectivity index (χ3n) is 11.4. The molecule has 58 heavy (non-hydrogen) atoms. The normalized spacial score (nSPS) is 11.8. The van der Waals surface area contributed by atoms with Crippen molar-refractivity contribution >= 4 is 65.3 Å². The first kappa shape index (κ1) is 32.4. The second-order valence-electron chi connectivity index (χ2n) is 14.8. The lowest BCUT2D eigenvalue weighted by Gasteiger charge is -2.16. The van der Waals surface area contributed by atoms with E-state index >= 15 is 0 Å². The zero-order chi connectivity index (χ0) is 38.2. The predicted molar refractivity (Wildman–Crippen MR) is 238 cm³/mol. The molecule has 0 aliphatic heterocycles. The second-order valence-corrected chi connectivity index (χ2v) is 14.8. The Kier molecular flexibility index (Phi) is 7.16. The first-order valence-electron chi connectivity index (χ1n) is 19.5. The lowest BCUT2D eigenvalue weighted by molar-refractivity contribution is 0.669. The first-order valence-corrected chi connectivity index (χ1v) is 19.5. The van der Waals surface area contributed by atoms with Crippen LogP contribution in [0, 0.1) is 0 Å². The molecule has 0 N–H and O–H groups in total. The summed E-state index contributed by atoms with van der Waals surface area (Å²) in [4.78, 5) is 15.4. The van der Waals surface area contributed by atoms with Gasteiger partial charge in [0.1, 0.15) is 11.2 Å². The summed E-state index contributed by atoms with van der Waals surface area (Å²) in [7, 11) is 0. The van der Waals surface area contributed by atoms with E-state index in [1.807, 2.05) is 72.8 Å². The van der Waals surface area contributed by atoms with Gasteiger partial charge in [-0.25, -0.2) is 15.0 Å². The number of aromatic nitrogens is 4. The van der Waals surface area contributed by atoms with E-state index in [0.29, 0.717) is 17.5 Å². The van der Waals surface area contributed by atoms with E-state index in [1.165, 1.54) is 32.3 Å². The molecule has 3 aromatic heterocycles. The van der Waals surface area contributed by atoms with E-state index < -0.39 is 0 Å². The number of hydrogen-bond acceptors (Lipinski definition) is 4. The Labute approximate surface area is 333 Å². The fraction of sp³-hybridized carbons (Fsp3) is 0. The van der Waals surface area contributed by atoms with Gasteiger partial charge in [-0.2, -0.15) is 0 Å². The molecule has 5 nitrogen and oxygen atoms in total. The number of para-hydroxylation sites is 1. The second kappa shape index (κ2) is 12.8. The molecule has 0 unspecified atom stereocenters. The summed E-state index contributed by atoms with van der Waals surface area (Å²) in [6, 6.07) is 68.2. The molecule has 0 bridgehead atoms. The Morgan fingerprint density at radius 1 is 0.328 bits per heavy atom. The highest BCUT2D eigenvalue weighted by molar-refractivity contribution is 6.17. The van der Waals surface area contributed by atoms with Gasteiger partial charge in [0.15, 0.2) is 17.5 Å². The van der Waals surface area contributed by atoms with Crippen LogP contribution < -0.4 is 0 Å². The summed E-state index contributed by atoms with van der Waals surface area (Å²) in [6.07, 6.45) is 0. The fourth-order valence-electron chi connectivity index (χ4n) is 8.59. The van der Waals surface area contributed by atoms with Gasteiger partial charge in [-0.05, 0) is 93.3 Å².